The molecule has 1 heterocycles. The Kier molecular flexibility index (Phi) is 4.20. The van der Waals surface area contributed by atoms with Gasteiger partial charge in [0.1, 0.15) is 11.8 Å². The van der Waals surface area contributed by atoms with Crippen LogP contribution in [0, 0.1) is 24.0 Å². The molecule has 8 nitrogen and oxygen atoms in total. The number of hydrogen-bond donors (Lipinski definition) is 0. The van der Waals surface area contributed by atoms with Crippen LogP contribution in [0.5, 0.6) is 0 Å². The molecule has 0 bridgehead atoms. The largest absolute Gasteiger partial charge is 0.805 e. The summed E-state index contributed by atoms with van der Waals surface area (Å²) >= 11 is 0. The third-order valence-corrected chi connectivity index (χ3v) is 3.75. The minimum absolute atomic E-state index is 0.0331. The highest BCUT2D eigenvalue weighted by molar-refractivity contribution is 5.67. The Labute approximate surface area is 126 Å². The molecular weight excluding hydrogens is 292 g/mol. The van der Waals surface area contributed by atoms with Gasteiger partial charge in [0.2, 0.25) is 0 Å². The highest BCUT2D eigenvalue weighted by atomic mass is 16.6. The van der Waals surface area contributed by atoms with E-state index in [0.717, 1.165) is 0 Å². The van der Waals surface area contributed by atoms with Gasteiger partial charge >= 0.3 is 17.6 Å². The molecule has 8 heteroatoms. The fourth-order valence-electron chi connectivity index (χ4n) is 2.66. The van der Waals surface area contributed by atoms with Gasteiger partial charge in [0.15, 0.2) is 6.10 Å². The first-order valence-corrected chi connectivity index (χ1v) is 6.94. The van der Waals surface area contributed by atoms with Crippen LogP contribution in [0.1, 0.15) is 61.7 Å². The third kappa shape index (κ3) is 2.68. The average molecular weight is 310 g/mol. The van der Waals surface area contributed by atoms with Crippen LogP contribution < -0.4 is 4.43 Å². The van der Waals surface area contributed by atoms with Gasteiger partial charge in [-0.1, -0.05) is 0 Å². The standard InChI is InChI=1S/C14H18N2O6/c1-7-8(2)16(20)14-12(22-10(4)18)6-5-11(21-9(3)17)13(14)15(7)19/h11-12H,5-6H2,1-4H3/t11-,12+. The Balaban J connectivity index is 2.67. The summed E-state index contributed by atoms with van der Waals surface area (Å²) in [7, 11) is 0. The first-order valence-electron chi connectivity index (χ1n) is 6.94. The highest BCUT2D eigenvalue weighted by Crippen LogP contribution is 2.38. The predicted molar refractivity (Wildman–Crippen MR) is 74.3 cm³/mol. The minimum atomic E-state index is -0.823. The summed E-state index contributed by atoms with van der Waals surface area (Å²) in [4.78, 5) is 34.9. The van der Waals surface area contributed by atoms with Crippen LogP contribution in [0.2, 0.25) is 0 Å². The maximum Gasteiger partial charge on any atom is 0.303 e. The summed E-state index contributed by atoms with van der Waals surface area (Å²) in [6.45, 7) is 5.49. The fourth-order valence-corrected chi connectivity index (χ4v) is 2.66. The fraction of sp³-hybridized carbons (Fsp3) is 0.571. The van der Waals surface area contributed by atoms with E-state index in [0.29, 0.717) is 22.0 Å². The van der Waals surface area contributed by atoms with Gasteiger partial charge in [-0.25, -0.2) is 0 Å². The van der Waals surface area contributed by atoms with Crippen molar-refractivity contribution in [2.24, 2.45) is 0 Å². The van der Waals surface area contributed by atoms with Gasteiger partial charge in [-0.05, 0) is 19.8 Å². The van der Waals surface area contributed by atoms with E-state index in [1.807, 2.05) is 0 Å². The molecule has 0 fully saturated rings. The van der Waals surface area contributed by atoms with Gasteiger partial charge in [-0.3, -0.25) is 9.59 Å². The van der Waals surface area contributed by atoms with Crippen LogP contribution >= 0.6 is 0 Å². The van der Waals surface area contributed by atoms with E-state index >= 15 is 0 Å². The lowest BCUT2D eigenvalue weighted by atomic mass is 9.94. The van der Waals surface area contributed by atoms with Gasteiger partial charge in [0.05, 0.1) is 10.1 Å². The van der Waals surface area contributed by atoms with E-state index in [2.05, 4.69) is 0 Å². The number of hydrogen-bond acceptors (Lipinski definition) is 6. The van der Waals surface area contributed by atoms with Crippen LogP contribution in [0.15, 0.2) is 0 Å². The number of aromatic nitrogens is 2. The van der Waals surface area contributed by atoms with E-state index in [1.165, 1.54) is 27.7 Å². The summed E-state index contributed by atoms with van der Waals surface area (Å²) in [6.07, 6.45) is -1.04. The molecule has 0 saturated carbocycles. The normalized spacial score (nSPS) is 20.2. The zero-order chi connectivity index (χ0) is 16.6. The van der Waals surface area contributed by atoms with Crippen LogP contribution in [-0.4, -0.2) is 16.7 Å². The van der Waals surface area contributed by atoms with Crippen molar-refractivity contribution in [1.29, 1.82) is 0 Å². The van der Waals surface area contributed by atoms with Gasteiger partial charge < -0.3 is 19.4 Å². The molecule has 0 aliphatic heterocycles. The first kappa shape index (κ1) is 16.0. The molecule has 1 aromatic heterocycles. The smallest absolute Gasteiger partial charge is 0.303 e. The molecule has 120 valence electrons. The van der Waals surface area contributed by atoms with Crippen LogP contribution in [0.25, 0.3) is 0 Å². The van der Waals surface area contributed by atoms with E-state index in [-0.39, 0.29) is 22.8 Å². The van der Waals surface area contributed by atoms with Crippen molar-refractivity contribution in [3.8, 4) is 0 Å². The number of carbonyl (C=O) groups excluding carboxylic acids is 2. The lowest BCUT2D eigenvalue weighted by Crippen LogP contribution is -2.38. The van der Waals surface area contributed by atoms with Crippen LogP contribution in [0.4, 0.5) is 0 Å². The second-order valence-corrected chi connectivity index (χ2v) is 5.30. The van der Waals surface area contributed by atoms with Crippen molar-refractivity contribution in [3.63, 3.8) is 0 Å². The summed E-state index contributed by atoms with van der Waals surface area (Å²) in [5.41, 5.74) is 0.500. The lowest BCUT2D eigenvalue weighted by molar-refractivity contribution is -0.522. The molecular formula is C14H18N2O6. The summed E-state index contributed by atoms with van der Waals surface area (Å²) < 4.78 is 11.5. The summed E-state index contributed by atoms with van der Waals surface area (Å²) in [5.74, 6) is -1.09. The van der Waals surface area contributed by atoms with Crippen LogP contribution in [0.3, 0.4) is 0 Å². The highest BCUT2D eigenvalue weighted by Gasteiger charge is 2.41. The number of ether oxygens (including phenoxy) is 2. The van der Waals surface area contributed by atoms with E-state index < -0.39 is 24.1 Å². The number of carbonyl (C=O) groups is 2. The van der Waals surface area contributed by atoms with Crippen molar-refractivity contribution in [2.75, 3.05) is 0 Å². The van der Waals surface area contributed by atoms with Crippen molar-refractivity contribution in [3.05, 3.63) is 32.9 Å². The van der Waals surface area contributed by atoms with Gasteiger partial charge in [0.25, 0.3) is 5.69 Å². The van der Waals surface area contributed by atoms with E-state index in [9.17, 15) is 19.7 Å². The van der Waals surface area contributed by atoms with Gasteiger partial charge in [0, 0.05) is 25.7 Å². The third-order valence-electron chi connectivity index (χ3n) is 3.75. The molecule has 0 saturated heterocycles. The molecule has 0 aromatic carbocycles. The number of rotatable bonds is 2. The molecule has 0 N–H and O–H groups in total. The Bertz CT molecular complexity index is 694. The zero-order valence-electron chi connectivity index (χ0n) is 12.9. The zero-order valence-corrected chi connectivity index (χ0v) is 12.9. The second kappa shape index (κ2) is 5.78. The van der Waals surface area contributed by atoms with E-state index in [4.69, 9.17) is 9.47 Å². The molecule has 2 atom stereocenters. The van der Waals surface area contributed by atoms with Crippen LogP contribution in [-0.2, 0) is 19.1 Å². The molecule has 22 heavy (non-hydrogen) atoms. The number of esters is 2. The molecule has 0 amide bonds. The van der Waals surface area contributed by atoms with Crippen molar-refractivity contribution >= 4 is 11.9 Å². The van der Waals surface area contributed by atoms with E-state index in [1.54, 1.807) is 0 Å². The molecule has 1 aliphatic carbocycles. The summed E-state index contributed by atoms with van der Waals surface area (Å²) in [6, 6.07) is 0. The average Bonchev–Trinajstić information content (AvgIpc) is 2.42. The Hall–Kier alpha value is -2.38. The molecule has 1 aromatic rings. The molecule has 2 rings (SSSR count). The Morgan fingerprint density at radius 3 is 2.18 bits per heavy atom. The van der Waals surface area contributed by atoms with Crippen molar-refractivity contribution in [2.45, 2.75) is 52.7 Å². The maximum absolute atomic E-state index is 12.4. The summed E-state index contributed by atoms with van der Waals surface area (Å²) in [5, 5.41) is 12.4. The molecule has 0 unspecified atom stereocenters. The molecule has 0 spiro atoms. The second-order valence-electron chi connectivity index (χ2n) is 5.30. The SMILES string of the molecule is CC(=O)O[C@H]1CC[C@@H](OC(C)=O)c2c1n([O-])c(C)c(C)[n+]2=O. The quantitative estimate of drug-likeness (QED) is 0.603. The minimum Gasteiger partial charge on any atom is -0.805 e. The lowest BCUT2D eigenvalue weighted by Gasteiger charge is -2.31. The maximum atomic E-state index is 12.4. The van der Waals surface area contributed by atoms with Gasteiger partial charge in [-0.15, -0.1) is 0 Å². The Morgan fingerprint density at radius 1 is 1.14 bits per heavy atom. The van der Waals surface area contributed by atoms with Crippen molar-refractivity contribution < 1.29 is 23.5 Å². The predicted octanol–water partition coefficient (Wildman–Crippen LogP) is 1.37. The molecule has 1 aliphatic rings. The van der Waals surface area contributed by atoms with Crippen molar-refractivity contribution in [1.82, 2.24) is 4.73 Å². The molecule has 0 radical (unpaired) electrons. The number of nitrogens with zero attached hydrogens (tertiary/aromatic N) is 2. The first-order chi connectivity index (χ1) is 10.2. The van der Waals surface area contributed by atoms with Gasteiger partial charge in [-0.2, -0.15) is 0 Å². The topological polar surface area (TPSA) is 104 Å². The number of fused-ring (bicyclic) bond motifs is 1. The monoisotopic (exact) mass is 310 g/mol. The Morgan fingerprint density at radius 2 is 1.64 bits per heavy atom.